The number of fused-ring (bicyclic) bond motifs is 3. The van der Waals surface area contributed by atoms with E-state index in [2.05, 4.69) is 116 Å². The van der Waals surface area contributed by atoms with Crippen molar-refractivity contribution in [1.29, 1.82) is 0 Å². The Kier molecular flexibility index (Phi) is 4.21. The van der Waals surface area contributed by atoms with E-state index in [9.17, 15) is 0 Å². The van der Waals surface area contributed by atoms with Crippen molar-refractivity contribution in [2.45, 2.75) is 31.3 Å². The van der Waals surface area contributed by atoms with Crippen LogP contribution in [0.5, 0.6) is 0 Å². The van der Waals surface area contributed by atoms with E-state index >= 15 is 0 Å². The third-order valence-electron chi connectivity index (χ3n) is 7.06. The molecule has 2 aliphatic rings. The van der Waals surface area contributed by atoms with Crippen LogP contribution >= 0.6 is 0 Å². The van der Waals surface area contributed by atoms with Crippen LogP contribution < -0.4 is 0 Å². The van der Waals surface area contributed by atoms with Gasteiger partial charge in [0.1, 0.15) is 0 Å². The maximum absolute atomic E-state index is 2.74. The van der Waals surface area contributed by atoms with Crippen molar-refractivity contribution in [3.05, 3.63) is 113 Å². The second-order valence-corrected chi connectivity index (χ2v) is 8.37. The van der Waals surface area contributed by atoms with E-state index in [1.807, 2.05) is 0 Å². The zero-order valence-electron chi connectivity index (χ0n) is 16.6. The standard InChI is InChI=1S/C27H27N/c1-20(21-11-5-3-6-12-21)28-19-25-24-16-10-9-13-22(24)17-18-26(25)27(28,2)23-14-7-4-8-15-23/h3-18,20,25-26H,19H2,1-2H3/t20-,25+,26-,27+/m1/s1. The maximum Gasteiger partial charge on any atom is 0.0507 e. The Hall–Kier alpha value is -2.64. The van der Waals surface area contributed by atoms with Gasteiger partial charge in [0.05, 0.1) is 5.54 Å². The second-order valence-electron chi connectivity index (χ2n) is 8.37. The topological polar surface area (TPSA) is 3.24 Å². The van der Waals surface area contributed by atoms with Crippen LogP contribution in [-0.4, -0.2) is 11.4 Å². The highest BCUT2D eigenvalue weighted by Gasteiger charge is 2.53. The first-order valence-electron chi connectivity index (χ1n) is 10.3. The molecule has 0 saturated carbocycles. The maximum atomic E-state index is 2.74. The van der Waals surface area contributed by atoms with Crippen LogP contribution in [-0.2, 0) is 5.54 Å². The zero-order chi connectivity index (χ0) is 19.1. The van der Waals surface area contributed by atoms with Gasteiger partial charge in [-0.1, -0.05) is 97.1 Å². The average molecular weight is 366 g/mol. The molecule has 1 heteroatoms. The molecular weight excluding hydrogens is 338 g/mol. The van der Waals surface area contributed by atoms with Crippen LogP contribution in [0, 0.1) is 5.92 Å². The predicted octanol–water partition coefficient (Wildman–Crippen LogP) is 6.41. The molecule has 0 aromatic heterocycles. The molecule has 0 N–H and O–H groups in total. The molecule has 1 aliphatic carbocycles. The van der Waals surface area contributed by atoms with Crippen molar-refractivity contribution in [1.82, 2.24) is 4.90 Å². The molecule has 3 aromatic rings. The number of benzene rings is 3. The Morgan fingerprint density at radius 1 is 0.857 bits per heavy atom. The van der Waals surface area contributed by atoms with Gasteiger partial charge in [0.2, 0.25) is 0 Å². The Labute approximate surface area is 168 Å². The fraction of sp³-hybridized carbons (Fsp3) is 0.259. The Morgan fingerprint density at radius 3 is 2.25 bits per heavy atom. The Morgan fingerprint density at radius 2 is 1.50 bits per heavy atom. The third kappa shape index (κ3) is 2.57. The van der Waals surface area contributed by atoms with Gasteiger partial charge in [0, 0.05) is 24.4 Å². The summed E-state index contributed by atoms with van der Waals surface area (Å²) in [6, 6.07) is 31.3. The monoisotopic (exact) mass is 365 g/mol. The molecule has 0 bridgehead atoms. The van der Waals surface area contributed by atoms with Gasteiger partial charge in [0.25, 0.3) is 0 Å². The van der Waals surface area contributed by atoms with Crippen molar-refractivity contribution < 1.29 is 0 Å². The summed E-state index contributed by atoms with van der Waals surface area (Å²) in [4.78, 5) is 2.74. The lowest BCUT2D eigenvalue weighted by molar-refractivity contribution is 0.0898. The molecule has 3 aromatic carbocycles. The van der Waals surface area contributed by atoms with Crippen molar-refractivity contribution in [2.75, 3.05) is 6.54 Å². The fourth-order valence-electron chi connectivity index (χ4n) is 5.53. The first-order chi connectivity index (χ1) is 13.7. The summed E-state index contributed by atoms with van der Waals surface area (Å²) in [6.45, 7) is 5.89. The van der Waals surface area contributed by atoms with Crippen LogP contribution in [0.4, 0.5) is 0 Å². The van der Waals surface area contributed by atoms with E-state index in [0.29, 0.717) is 17.9 Å². The highest BCUT2D eigenvalue weighted by Crippen LogP contribution is 2.55. The largest absolute Gasteiger partial charge is 0.286 e. The molecule has 28 heavy (non-hydrogen) atoms. The quantitative estimate of drug-likeness (QED) is 0.519. The smallest absolute Gasteiger partial charge is 0.0507 e. The number of hydrogen-bond donors (Lipinski definition) is 0. The summed E-state index contributed by atoms with van der Waals surface area (Å²) in [5.41, 5.74) is 5.65. The van der Waals surface area contributed by atoms with Gasteiger partial charge in [-0.2, -0.15) is 0 Å². The van der Waals surface area contributed by atoms with Gasteiger partial charge in [0.15, 0.2) is 0 Å². The average Bonchev–Trinajstić information content (AvgIpc) is 3.08. The van der Waals surface area contributed by atoms with Crippen LogP contribution in [0.15, 0.2) is 91.0 Å². The first kappa shape index (κ1) is 17.5. The normalized spacial score (nSPS) is 27.2. The molecule has 140 valence electrons. The van der Waals surface area contributed by atoms with Crippen LogP contribution in [0.1, 0.15) is 48.1 Å². The lowest BCUT2D eigenvalue weighted by Crippen LogP contribution is -2.43. The minimum absolute atomic E-state index is 0.0365. The lowest BCUT2D eigenvalue weighted by atomic mass is 9.71. The van der Waals surface area contributed by atoms with Gasteiger partial charge in [-0.3, -0.25) is 4.90 Å². The van der Waals surface area contributed by atoms with E-state index in [0.717, 1.165) is 6.54 Å². The summed E-state index contributed by atoms with van der Waals surface area (Å²) < 4.78 is 0. The summed E-state index contributed by atoms with van der Waals surface area (Å²) in [6.07, 6.45) is 4.81. The molecule has 1 saturated heterocycles. The molecule has 1 nitrogen and oxygen atoms in total. The summed E-state index contributed by atoms with van der Waals surface area (Å²) in [5.74, 6) is 0.994. The number of hydrogen-bond acceptors (Lipinski definition) is 1. The highest BCUT2D eigenvalue weighted by atomic mass is 15.3. The first-order valence-corrected chi connectivity index (χ1v) is 10.3. The van der Waals surface area contributed by atoms with E-state index in [-0.39, 0.29) is 5.54 Å². The minimum Gasteiger partial charge on any atom is -0.286 e. The van der Waals surface area contributed by atoms with Gasteiger partial charge in [-0.15, -0.1) is 0 Å². The van der Waals surface area contributed by atoms with Crippen molar-refractivity contribution in [2.24, 2.45) is 5.92 Å². The van der Waals surface area contributed by atoms with E-state index < -0.39 is 0 Å². The van der Waals surface area contributed by atoms with Crippen LogP contribution in [0.2, 0.25) is 0 Å². The molecule has 1 aliphatic heterocycles. The summed E-state index contributed by atoms with van der Waals surface area (Å²) in [7, 11) is 0. The molecule has 0 radical (unpaired) electrons. The SMILES string of the molecule is C[C@H](c1ccccc1)N1C[C@H]2c3ccccc3C=C[C@H]2[C@]1(C)c1ccccc1. The molecule has 1 fully saturated rings. The van der Waals surface area contributed by atoms with E-state index in [4.69, 9.17) is 0 Å². The molecular formula is C27H27N. The van der Waals surface area contributed by atoms with Crippen LogP contribution in [0.25, 0.3) is 6.08 Å². The predicted molar refractivity (Wildman–Crippen MR) is 117 cm³/mol. The molecule has 1 heterocycles. The van der Waals surface area contributed by atoms with Crippen molar-refractivity contribution in [3.8, 4) is 0 Å². The minimum atomic E-state index is -0.0365. The highest BCUT2D eigenvalue weighted by molar-refractivity contribution is 5.60. The van der Waals surface area contributed by atoms with Gasteiger partial charge in [-0.25, -0.2) is 0 Å². The third-order valence-corrected chi connectivity index (χ3v) is 7.06. The summed E-state index contributed by atoms with van der Waals surface area (Å²) >= 11 is 0. The van der Waals surface area contributed by atoms with Crippen LogP contribution in [0.3, 0.4) is 0 Å². The van der Waals surface area contributed by atoms with Gasteiger partial charge >= 0.3 is 0 Å². The molecule has 4 atom stereocenters. The number of rotatable bonds is 3. The number of likely N-dealkylation sites (tertiary alicyclic amines) is 1. The molecule has 0 spiro atoms. The molecule has 0 amide bonds. The number of nitrogens with zero attached hydrogens (tertiary/aromatic N) is 1. The second kappa shape index (κ2) is 6.76. The molecule has 5 rings (SSSR count). The molecule has 0 unspecified atom stereocenters. The van der Waals surface area contributed by atoms with E-state index in [1.165, 1.54) is 22.3 Å². The fourth-order valence-corrected chi connectivity index (χ4v) is 5.53. The van der Waals surface area contributed by atoms with Crippen molar-refractivity contribution in [3.63, 3.8) is 0 Å². The van der Waals surface area contributed by atoms with Crippen molar-refractivity contribution >= 4 is 6.08 Å². The van der Waals surface area contributed by atoms with Gasteiger partial charge < -0.3 is 0 Å². The zero-order valence-corrected chi connectivity index (χ0v) is 16.6. The summed E-state index contributed by atoms with van der Waals surface area (Å²) in [5, 5.41) is 0. The Bertz CT molecular complexity index is 991. The van der Waals surface area contributed by atoms with Gasteiger partial charge in [-0.05, 0) is 36.1 Å². The van der Waals surface area contributed by atoms with E-state index in [1.54, 1.807) is 0 Å². The Balaban J connectivity index is 1.65. The lowest BCUT2D eigenvalue weighted by Gasteiger charge is -2.43.